The van der Waals surface area contributed by atoms with Crippen LogP contribution in [-0.2, 0) is 0 Å². The van der Waals surface area contributed by atoms with Gasteiger partial charge in [-0.3, -0.25) is 15.0 Å². The highest BCUT2D eigenvalue weighted by molar-refractivity contribution is 5.82. The summed E-state index contributed by atoms with van der Waals surface area (Å²) in [4.78, 5) is 13.7. The van der Waals surface area contributed by atoms with Crippen LogP contribution in [0.5, 0.6) is 0 Å². The van der Waals surface area contributed by atoms with E-state index in [1.807, 2.05) is 73.2 Å². The van der Waals surface area contributed by atoms with Gasteiger partial charge >= 0.3 is 0 Å². The van der Waals surface area contributed by atoms with Gasteiger partial charge in [-0.15, -0.1) is 0 Å². The summed E-state index contributed by atoms with van der Waals surface area (Å²) < 4.78 is 0. The second-order valence-corrected chi connectivity index (χ2v) is 8.61. The van der Waals surface area contributed by atoms with Gasteiger partial charge in [-0.2, -0.15) is 0 Å². The molecule has 0 fully saturated rings. The molecule has 3 heteroatoms. The number of aromatic nitrogens is 3. The average Bonchev–Trinajstić information content (AvgIpc) is 2.98. The van der Waals surface area contributed by atoms with Crippen molar-refractivity contribution >= 4 is 0 Å². The zero-order chi connectivity index (χ0) is 24.2. The molecule has 0 aliphatic carbocycles. The summed E-state index contributed by atoms with van der Waals surface area (Å²) >= 11 is 0. The van der Waals surface area contributed by atoms with E-state index in [2.05, 4.69) is 81.7 Å². The van der Waals surface area contributed by atoms with Crippen LogP contribution in [0.25, 0.3) is 56.0 Å². The molecule has 3 heterocycles. The van der Waals surface area contributed by atoms with Crippen LogP contribution in [0.15, 0.2) is 140 Å². The number of hydrogen-bond acceptors (Lipinski definition) is 3. The van der Waals surface area contributed by atoms with Gasteiger partial charge in [-0.1, -0.05) is 54.6 Å². The first-order chi connectivity index (χ1) is 17.8. The third kappa shape index (κ3) is 4.55. The van der Waals surface area contributed by atoms with Gasteiger partial charge in [0.2, 0.25) is 0 Å². The van der Waals surface area contributed by atoms with Crippen molar-refractivity contribution in [2.45, 2.75) is 0 Å². The SMILES string of the molecule is c1ccc(-c2cccc(-c3cccc(-c4cc(-c5ccccn5)cc(-c5ccccn5)c4)c3)c2)nc1. The Kier molecular flexibility index (Phi) is 5.87. The van der Waals surface area contributed by atoms with Gasteiger partial charge in [-0.05, 0) is 89.0 Å². The summed E-state index contributed by atoms with van der Waals surface area (Å²) in [5.74, 6) is 0. The molecule has 0 spiro atoms. The lowest BCUT2D eigenvalue weighted by molar-refractivity contribution is 1.31. The second-order valence-electron chi connectivity index (χ2n) is 8.61. The van der Waals surface area contributed by atoms with Gasteiger partial charge < -0.3 is 0 Å². The molecular formula is C33H23N3. The van der Waals surface area contributed by atoms with E-state index in [9.17, 15) is 0 Å². The predicted octanol–water partition coefficient (Wildman–Crippen LogP) is 8.21. The molecule has 170 valence electrons. The zero-order valence-corrected chi connectivity index (χ0v) is 19.6. The summed E-state index contributed by atoms with van der Waals surface area (Å²) in [6, 6.07) is 41.8. The molecule has 0 atom stereocenters. The summed E-state index contributed by atoms with van der Waals surface area (Å²) in [5.41, 5.74) is 10.7. The Morgan fingerprint density at radius 1 is 0.278 bits per heavy atom. The van der Waals surface area contributed by atoms with E-state index >= 15 is 0 Å². The lowest BCUT2D eigenvalue weighted by atomic mass is 9.94. The summed E-state index contributed by atoms with van der Waals surface area (Å²) in [7, 11) is 0. The number of rotatable bonds is 5. The first kappa shape index (κ1) is 21.6. The van der Waals surface area contributed by atoms with Crippen molar-refractivity contribution < 1.29 is 0 Å². The van der Waals surface area contributed by atoms with Crippen molar-refractivity contribution in [3.63, 3.8) is 0 Å². The van der Waals surface area contributed by atoms with E-state index in [-0.39, 0.29) is 0 Å². The van der Waals surface area contributed by atoms with Crippen molar-refractivity contribution in [3.8, 4) is 56.0 Å². The fourth-order valence-corrected chi connectivity index (χ4v) is 4.43. The largest absolute Gasteiger partial charge is 0.256 e. The average molecular weight is 462 g/mol. The lowest BCUT2D eigenvalue weighted by Crippen LogP contribution is -1.89. The molecule has 3 aromatic heterocycles. The lowest BCUT2D eigenvalue weighted by Gasteiger charge is -2.12. The molecule has 6 rings (SSSR count). The van der Waals surface area contributed by atoms with E-state index in [0.29, 0.717) is 0 Å². The normalized spacial score (nSPS) is 10.8. The third-order valence-electron chi connectivity index (χ3n) is 6.21. The summed E-state index contributed by atoms with van der Waals surface area (Å²) in [5, 5.41) is 0. The maximum atomic E-state index is 4.60. The molecule has 0 saturated heterocycles. The summed E-state index contributed by atoms with van der Waals surface area (Å²) in [6.45, 7) is 0. The van der Waals surface area contributed by atoms with Crippen molar-refractivity contribution in [2.75, 3.05) is 0 Å². The quantitative estimate of drug-likeness (QED) is 0.260. The molecule has 0 aliphatic heterocycles. The van der Waals surface area contributed by atoms with Crippen LogP contribution in [-0.4, -0.2) is 15.0 Å². The first-order valence-corrected chi connectivity index (χ1v) is 11.9. The molecule has 36 heavy (non-hydrogen) atoms. The minimum absolute atomic E-state index is 0.941. The molecule has 0 saturated carbocycles. The van der Waals surface area contributed by atoms with Crippen LogP contribution in [0.3, 0.4) is 0 Å². The van der Waals surface area contributed by atoms with Crippen LogP contribution >= 0.6 is 0 Å². The van der Waals surface area contributed by atoms with Crippen molar-refractivity contribution in [2.24, 2.45) is 0 Å². The van der Waals surface area contributed by atoms with Crippen LogP contribution in [0.1, 0.15) is 0 Å². The molecule has 0 amide bonds. The highest BCUT2D eigenvalue weighted by Gasteiger charge is 2.10. The Balaban J connectivity index is 1.45. The Bertz CT molecular complexity index is 1550. The fourth-order valence-electron chi connectivity index (χ4n) is 4.43. The molecular weight excluding hydrogens is 438 g/mol. The van der Waals surface area contributed by atoms with Crippen LogP contribution in [0, 0.1) is 0 Å². The van der Waals surface area contributed by atoms with Gasteiger partial charge in [0.15, 0.2) is 0 Å². The fraction of sp³-hybridized carbons (Fsp3) is 0. The second kappa shape index (κ2) is 9.77. The van der Waals surface area contributed by atoms with Gasteiger partial charge in [0, 0.05) is 35.3 Å². The van der Waals surface area contributed by atoms with Gasteiger partial charge in [0.1, 0.15) is 0 Å². The molecule has 0 N–H and O–H groups in total. The van der Waals surface area contributed by atoms with Crippen molar-refractivity contribution in [1.29, 1.82) is 0 Å². The molecule has 0 aliphatic rings. The molecule has 3 nitrogen and oxygen atoms in total. The van der Waals surface area contributed by atoms with Crippen LogP contribution in [0.2, 0.25) is 0 Å². The van der Waals surface area contributed by atoms with E-state index in [0.717, 1.165) is 56.0 Å². The molecule has 0 radical (unpaired) electrons. The smallest absolute Gasteiger partial charge is 0.0702 e. The topological polar surface area (TPSA) is 38.7 Å². The minimum Gasteiger partial charge on any atom is -0.256 e. The Hall–Kier alpha value is -4.89. The molecule has 3 aromatic carbocycles. The number of benzene rings is 3. The van der Waals surface area contributed by atoms with Crippen LogP contribution < -0.4 is 0 Å². The minimum atomic E-state index is 0.941. The number of hydrogen-bond donors (Lipinski definition) is 0. The Morgan fingerprint density at radius 3 is 1.11 bits per heavy atom. The maximum Gasteiger partial charge on any atom is 0.0702 e. The Labute approximate surface area is 210 Å². The summed E-state index contributed by atoms with van der Waals surface area (Å²) in [6.07, 6.45) is 5.49. The van der Waals surface area contributed by atoms with Gasteiger partial charge in [0.25, 0.3) is 0 Å². The van der Waals surface area contributed by atoms with E-state index in [1.165, 1.54) is 0 Å². The Morgan fingerprint density at radius 2 is 0.639 bits per heavy atom. The monoisotopic (exact) mass is 461 g/mol. The van der Waals surface area contributed by atoms with Crippen molar-refractivity contribution in [1.82, 2.24) is 15.0 Å². The van der Waals surface area contributed by atoms with Crippen LogP contribution in [0.4, 0.5) is 0 Å². The standard InChI is InChI=1S/C33H23N3/c1-4-16-34-31(13-1)27-12-8-10-25(20-27)24-9-7-11-26(19-24)28-21-29(32-14-2-5-17-35-32)23-30(22-28)33-15-3-6-18-36-33/h1-23H. The van der Waals surface area contributed by atoms with Gasteiger partial charge in [-0.25, -0.2) is 0 Å². The highest BCUT2D eigenvalue weighted by Crippen LogP contribution is 2.34. The number of pyridine rings is 3. The zero-order valence-electron chi connectivity index (χ0n) is 19.6. The number of nitrogens with zero attached hydrogens (tertiary/aromatic N) is 3. The molecule has 0 bridgehead atoms. The molecule has 0 unspecified atom stereocenters. The maximum absolute atomic E-state index is 4.60. The predicted molar refractivity (Wildman–Crippen MR) is 147 cm³/mol. The van der Waals surface area contributed by atoms with E-state index in [4.69, 9.17) is 0 Å². The van der Waals surface area contributed by atoms with E-state index < -0.39 is 0 Å². The van der Waals surface area contributed by atoms with Gasteiger partial charge in [0.05, 0.1) is 17.1 Å². The van der Waals surface area contributed by atoms with Crippen molar-refractivity contribution in [3.05, 3.63) is 140 Å². The van der Waals surface area contributed by atoms with E-state index in [1.54, 1.807) is 0 Å². The highest BCUT2D eigenvalue weighted by atomic mass is 14.7. The first-order valence-electron chi connectivity index (χ1n) is 11.9. The molecule has 6 aromatic rings. The third-order valence-corrected chi connectivity index (χ3v) is 6.21.